The predicted octanol–water partition coefficient (Wildman–Crippen LogP) is 4.27. The number of hydrogen-bond donors (Lipinski definition) is 0. The summed E-state index contributed by atoms with van der Waals surface area (Å²) in [6, 6.07) is 7.69. The van der Waals surface area contributed by atoms with Crippen LogP contribution in [-0.4, -0.2) is 23.1 Å². The number of non-ortho nitro benzene ring substituents is 2. The highest BCUT2D eigenvalue weighted by molar-refractivity contribution is 6.32. The standard InChI is InChI=1S/C14H10Cl2N2O6/c15-11-7-9(17(19)20)1-3-13(11)23-5-6-24-14-4-2-10(18(21)22)8-12(14)16/h1-4,7-8H,5-6H2. The van der Waals surface area contributed by atoms with E-state index in [9.17, 15) is 20.2 Å². The van der Waals surface area contributed by atoms with Crippen molar-refractivity contribution in [2.45, 2.75) is 0 Å². The smallest absolute Gasteiger partial charge is 0.271 e. The van der Waals surface area contributed by atoms with Gasteiger partial charge < -0.3 is 9.47 Å². The van der Waals surface area contributed by atoms with Gasteiger partial charge in [-0.15, -0.1) is 0 Å². The Bertz CT molecular complexity index is 718. The Balaban J connectivity index is 1.89. The number of ether oxygens (including phenoxy) is 2. The van der Waals surface area contributed by atoms with Crippen molar-refractivity contribution in [1.82, 2.24) is 0 Å². The molecule has 2 rings (SSSR count). The molecule has 126 valence electrons. The highest BCUT2D eigenvalue weighted by Crippen LogP contribution is 2.30. The molecule has 0 aromatic heterocycles. The first-order chi connectivity index (χ1) is 11.4. The normalized spacial score (nSPS) is 10.2. The molecule has 2 aromatic carbocycles. The second-order valence-electron chi connectivity index (χ2n) is 4.44. The van der Waals surface area contributed by atoms with Gasteiger partial charge in [0.05, 0.1) is 19.9 Å². The number of halogens is 2. The van der Waals surface area contributed by atoms with E-state index in [-0.39, 0.29) is 46.1 Å². The summed E-state index contributed by atoms with van der Waals surface area (Å²) in [5, 5.41) is 21.4. The summed E-state index contributed by atoms with van der Waals surface area (Å²) >= 11 is 11.8. The molecule has 0 unspecified atom stereocenters. The Hall–Kier alpha value is -2.58. The lowest BCUT2D eigenvalue weighted by Crippen LogP contribution is -2.09. The highest BCUT2D eigenvalue weighted by atomic mass is 35.5. The fourth-order valence-electron chi connectivity index (χ4n) is 1.74. The summed E-state index contributed by atoms with van der Waals surface area (Å²) in [6.07, 6.45) is 0. The first kappa shape index (κ1) is 17.8. The van der Waals surface area contributed by atoms with Gasteiger partial charge in [-0.2, -0.15) is 0 Å². The molecule has 0 radical (unpaired) electrons. The number of hydrogen-bond acceptors (Lipinski definition) is 6. The molecule has 10 heteroatoms. The quantitative estimate of drug-likeness (QED) is 0.408. The summed E-state index contributed by atoms with van der Waals surface area (Å²) < 4.78 is 10.7. The maximum atomic E-state index is 10.6. The summed E-state index contributed by atoms with van der Waals surface area (Å²) in [5.74, 6) is 0.557. The monoisotopic (exact) mass is 372 g/mol. The molecule has 0 atom stereocenters. The summed E-state index contributed by atoms with van der Waals surface area (Å²) in [7, 11) is 0. The molecule has 8 nitrogen and oxygen atoms in total. The van der Waals surface area contributed by atoms with Gasteiger partial charge in [0.1, 0.15) is 24.7 Å². The highest BCUT2D eigenvalue weighted by Gasteiger charge is 2.12. The topological polar surface area (TPSA) is 105 Å². The summed E-state index contributed by atoms with van der Waals surface area (Å²) in [5.41, 5.74) is -0.275. The van der Waals surface area contributed by atoms with Gasteiger partial charge >= 0.3 is 0 Å². The lowest BCUT2D eigenvalue weighted by molar-refractivity contribution is -0.385. The van der Waals surface area contributed by atoms with Gasteiger partial charge in [0, 0.05) is 24.3 Å². The molecule has 0 N–H and O–H groups in total. The molecule has 0 heterocycles. The second-order valence-corrected chi connectivity index (χ2v) is 5.25. The van der Waals surface area contributed by atoms with Crippen molar-refractivity contribution in [3.05, 3.63) is 66.7 Å². The third kappa shape index (κ3) is 4.46. The molecule has 0 aliphatic heterocycles. The lowest BCUT2D eigenvalue weighted by Gasteiger charge is -2.10. The van der Waals surface area contributed by atoms with Crippen molar-refractivity contribution in [3.63, 3.8) is 0 Å². The van der Waals surface area contributed by atoms with Crippen molar-refractivity contribution in [3.8, 4) is 11.5 Å². The van der Waals surface area contributed by atoms with Crippen molar-refractivity contribution in [2.75, 3.05) is 13.2 Å². The fraction of sp³-hybridized carbons (Fsp3) is 0.143. The molecule has 0 bridgehead atoms. The predicted molar refractivity (Wildman–Crippen MR) is 87.2 cm³/mol. The van der Waals surface area contributed by atoms with Crippen LogP contribution in [0.3, 0.4) is 0 Å². The Morgan fingerprint density at radius 3 is 1.46 bits per heavy atom. The van der Waals surface area contributed by atoms with Crippen LogP contribution in [0.2, 0.25) is 10.0 Å². The van der Waals surface area contributed by atoms with Crippen LogP contribution in [0, 0.1) is 20.2 Å². The summed E-state index contributed by atoms with van der Waals surface area (Å²) in [4.78, 5) is 20.1. The van der Waals surface area contributed by atoms with Crippen LogP contribution in [-0.2, 0) is 0 Å². The SMILES string of the molecule is O=[N+]([O-])c1ccc(OCCOc2ccc([N+](=O)[O-])cc2Cl)c(Cl)c1. The molecule has 0 fully saturated rings. The summed E-state index contributed by atoms with van der Waals surface area (Å²) in [6.45, 7) is 0.204. The molecule has 0 aliphatic carbocycles. The van der Waals surface area contributed by atoms with Gasteiger partial charge in [0.15, 0.2) is 0 Å². The maximum absolute atomic E-state index is 10.6. The van der Waals surface area contributed by atoms with Crippen LogP contribution in [0.25, 0.3) is 0 Å². The van der Waals surface area contributed by atoms with Gasteiger partial charge in [0.25, 0.3) is 11.4 Å². The van der Waals surface area contributed by atoms with Gasteiger partial charge in [-0.25, -0.2) is 0 Å². The van der Waals surface area contributed by atoms with Gasteiger partial charge in [-0.05, 0) is 12.1 Å². The zero-order valence-corrected chi connectivity index (χ0v) is 13.5. The Morgan fingerprint density at radius 2 is 1.17 bits per heavy atom. The van der Waals surface area contributed by atoms with Crippen molar-refractivity contribution in [2.24, 2.45) is 0 Å². The van der Waals surface area contributed by atoms with E-state index in [1.54, 1.807) is 0 Å². The van der Waals surface area contributed by atoms with Crippen LogP contribution in [0.15, 0.2) is 36.4 Å². The number of nitro groups is 2. The van der Waals surface area contributed by atoms with Gasteiger partial charge in [-0.1, -0.05) is 23.2 Å². The number of benzene rings is 2. The second kappa shape index (κ2) is 7.80. The minimum Gasteiger partial charge on any atom is -0.488 e. The molecule has 0 amide bonds. The van der Waals surface area contributed by atoms with Crippen LogP contribution in [0.1, 0.15) is 0 Å². The molecule has 2 aromatic rings. The molecular weight excluding hydrogens is 363 g/mol. The lowest BCUT2D eigenvalue weighted by atomic mass is 10.3. The molecule has 0 aliphatic rings. The first-order valence-corrected chi connectivity index (χ1v) is 7.27. The molecule has 0 saturated heterocycles. The number of nitrogens with zero attached hydrogens (tertiary/aromatic N) is 2. The van der Waals surface area contributed by atoms with E-state index in [0.717, 1.165) is 0 Å². The zero-order chi connectivity index (χ0) is 17.7. The van der Waals surface area contributed by atoms with Crippen LogP contribution in [0.5, 0.6) is 11.5 Å². The van der Waals surface area contributed by atoms with Crippen molar-refractivity contribution < 1.29 is 19.3 Å². The van der Waals surface area contributed by atoms with Crippen molar-refractivity contribution in [1.29, 1.82) is 0 Å². The largest absolute Gasteiger partial charge is 0.488 e. The van der Waals surface area contributed by atoms with Crippen LogP contribution < -0.4 is 9.47 Å². The van der Waals surface area contributed by atoms with Gasteiger partial charge in [0.2, 0.25) is 0 Å². The average Bonchev–Trinajstić information content (AvgIpc) is 2.53. The molecular formula is C14H10Cl2N2O6. The minimum absolute atomic E-state index is 0.102. The first-order valence-electron chi connectivity index (χ1n) is 6.52. The Kier molecular flexibility index (Phi) is 5.78. The third-order valence-corrected chi connectivity index (χ3v) is 3.44. The average molecular weight is 373 g/mol. The zero-order valence-electron chi connectivity index (χ0n) is 12.0. The van der Waals surface area contributed by atoms with E-state index >= 15 is 0 Å². The molecule has 0 saturated carbocycles. The minimum atomic E-state index is -0.560. The maximum Gasteiger partial charge on any atom is 0.271 e. The van der Waals surface area contributed by atoms with Crippen LogP contribution in [0.4, 0.5) is 11.4 Å². The van der Waals surface area contributed by atoms with E-state index in [1.165, 1.54) is 36.4 Å². The van der Waals surface area contributed by atoms with Gasteiger partial charge in [-0.3, -0.25) is 20.2 Å². The fourth-order valence-corrected chi connectivity index (χ4v) is 2.20. The van der Waals surface area contributed by atoms with E-state index in [4.69, 9.17) is 32.7 Å². The Labute approximate surface area is 145 Å². The van der Waals surface area contributed by atoms with Crippen molar-refractivity contribution >= 4 is 34.6 Å². The Morgan fingerprint density at radius 1 is 0.792 bits per heavy atom. The van der Waals surface area contributed by atoms with Crippen LogP contribution >= 0.6 is 23.2 Å². The molecule has 0 spiro atoms. The van der Waals surface area contributed by atoms with E-state index < -0.39 is 9.85 Å². The third-order valence-electron chi connectivity index (χ3n) is 2.85. The van der Waals surface area contributed by atoms with E-state index in [1.807, 2.05) is 0 Å². The molecule has 24 heavy (non-hydrogen) atoms. The number of rotatable bonds is 7. The van der Waals surface area contributed by atoms with E-state index in [0.29, 0.717) is 0 Å². The van der Waals surface area contributed by atoms with E-state index in [2.05, 4.69) is 0 Å². The number of nitro benzene ring substituents is 2.